The summed E-state index contributed by atoms with van der Waals surface area (Å²) in [6, 6.07) is 12.5. The van der Waals surface area contributed by atoms with Crippen LogP contribution in [0.3, 0.4) is 0 Å². The Morgan fingerprint density at radius 3 is 2.54 bits per heavy atom. The zero-order valence-electron chi connectivity index (χ0n) is 20.8. The lowest BCUT2D eigenvalue weighted by Gasteiger charge is -2.26. The first-order chi connectivity index (χ1) is 17.1. The fraction of sp³-hybridized carbons (Fsp3) is 0.533. The fourth-order valence-electron chi connectivity index (χ4n) is 6.46. The summed E-state index contributed by atoms with van der Waals surface area (Å²) in [5, 5.41) is 1.20. The van der Waals surface area contributed by atoms with Crippen LogP contribution in [0, 0.1) is 11.8 Å². The van der Waals surface area contributed by atoms with Crippen molar-refractivity contribution in [2.75, 3.05) is 0 Å². The van der Waals surface area contributed by atoms with Crippen molar-refractivity contribution in [1.29, 1.82) is 0 Å². The van der Waals surface area contributed by atoms with E-state index in [1.165, 1.54) is 48.6 Å². The van der Waals surface area contributed by atoms with Crippen molar-refractivity contribution >= 4 is 16.7 Å². The van der Waals surface area contributed by atoms with Crippen molar-refractivity contribution < 1.29 is 4.79 Å². The van der Waals surface area contributed by atoms with Crippen molar-refractivity contribution in [2.45, 2.75) is 89.1 Å². The van der Waals surface area contributed by atoms with E-state index in [0.717, 1.165) is 37.8 Å². The summed E-state index contributed by atoms with van der Waals surface area (Å²) < 4.78 is 2.41. The van der Waals surface area contributed by atoms with Crippen molar-refractivity contribution in [3.63, 3.8) is 0 Å². The van der Waals surface area contributed by atoms with Gasteiger partial charge < -0.3 is 15.3 Å². The molecule has 3 N–H and O–H groups in total. The maximum atomic E-state index is 13.4. The second kappa shape index (κ2) is 10.9. The molecule has 0 spiro atoms. The zero-order chi connectivity index (χ0) is 24.2. The standard InChI is InChI=1S/C30H39N3O2/c31-24-12-10-21(11-13-24)16-25(34)18-27(23-14-15-32-30(35)17-23)28-20-33(19-22-6-2-1-3-7-22)29-9-5-4-8-26(28)29/h4-5,8-9,14-15,17,20-22,24,27H,1-3,6-7,10-13,16,18-19,31H2,(H,32,35). The number of ketones is 1. The number of para-hydroxylation sites is 1. The molecule has 5 nitrogen and oxygen atoms in total. The van der Waals surface area contributed by atoms with Gasteiger partial charge in [-0.2, -0.15) is 0 Å². The Labute approximate surface area is 208 Å². The summed E-state index contributed by atoms with van der Waals surface area (Å²) in [6.45, 7) is 1.03. The lowest BCUT2D eigenvalue weighted by molar-refractivity contribution is -0.120. The molecule has 0 radical (unpaired) electrons. The molecule has 0 saturated heterocycles. The third kappa shape index (κ3) is 5.78. The number of pyridine rings is 1. The van der Waals surface area contributed by atoms with E-state index >= 15 is 0 Å². The maximum Gasteiger partial charge on any atom is 0.248 e. The summed E-state index contributed by atoms with van der Waals surface area (Å²) in [7, 11) is 0. The molecule has 0 bridgehead atoms. The van der Waals surface area contributed by atoms with E-state index in [2.05, 4.69) is 40.0 Å². The highest BCUT2D eigenvalue weighted by Gasteiger charge is 2.27. The molecule has 0 aliphatic heterocycles. The number of hydrogen-bond donors (Lipinski definition) is 2. The highest BCUT2D eigenvalue weighted by molar-refractivity contribution is 5.87. The van der Waals surface area contributed by atoms with Crippen LogP contribution in [-0.2, 0) is 11.3 Å². The van der Waals surface area contributed by atoms with Crippen LogP contribution in [0.25, 0.3) is 10.9 Å². The van der Waals surface area contributed by atoms with E-state index in [9.17, 15) is 9.59 Å². The quantitative estimate of drug-likeness (QED) is 0.427. The van der Waals surface area contributed by atoms with Gasteiger partial charge >= 0.3 is 0 Å². The summed E-state index contributed by atoms with van der Waals surface area (Å²) in [5.41, 5.74) is 9.28. The minimum atomic E-state index is -0.118. The van der Waals surface area contributed by atoms with Crippen LogP contribution >= 0.6 is 0 Å². The zero-order valence-corrected chi connectivity index (χ0v) is 20.8. The number of aromatic nitrogens is 2. The number of benzene rings is 1. The summed E-state index contributed by atoms with van der Waals surface area (Å²) in [5.74, 6) is 1.33. The molecule has 3 aromatic rings. The Kier molecular flexibility index (Phi) is 7.52. The van der Waals surface area contributed by atoms with Gasteiger partial charge in [0.1, 0.15) is 5.78 Å². The molecule has 0 amide bonds. The number of nitrogens with zero attached hydrogens (tertiary/aromatic N) is 1. The number of hydrogen-bond acceptors (Lipinski definition) is 3. The lowest BCUT2D eigenvalue weighted by Crippen LogP contribution is -2.27. The van der Waals surface area contributed by atoms with Gasteiger partial charge in [0.2, 0.25) is 5.56 Å². The highest BCUT2D eigenvalue weighted by atomic mass is 16.1. The van der Waals surface area contributed by atoms with E-state index in [1.807, 2.05) is 6.07 Å². The van der Waals surface area contributed by atoms with Crippen molar-refractivity contribution in [3.8, 4) is 0 Å². The van der Waals surface area contributed by atoms with E-state index in [1.54, 1.807) is 12.3 Å². The van der Waals surface area contributed by atoms with E-state index in [4.69, 9.17) is 5.73 Å². The number of nitrogens with one attached hydrogen (secondary N) is 1. The molecule has 2 heterocycles. The molecule has 2 aliphatic rings. The topological polar surface area (TPSA) is 80.9 Å². The third-order valence-corrected chi connectivity index (χ3v) is 8.42. The minimum absolute atomic E-state index is 0.117. The molecule has 5 rings (SSSR count). The number of H-pyrrole nitrogens is 1. The first-order valence-electron chi connectivity index (χ1n) is 13.6. The van der Waals surface area contributed by atoms with Gasteiger partial charge in [0.05, 0.1) is 0 Å². The van der Waals surface area contributed by atoms with Crippen molar-refractivity contribution in [1.82, 2.24) is 9.55 Å². The van der Waals surface area contributed by atoms with Gasteiger partial charge in [-0.1, -0.05) is 37.5 Å². The van der Waals surface area contributed by atoms with Gasteiger partial charge in [-0.25, -0.2) is 0 Å². The predicted octanol–water partition coefficient (Wildman–Crippen LogP) is 5.91. The minimum Gasteiger partial charge on any atom is -0.347 e. The first kappa shape index (κ1) is 24.1. The Hall–Kier alpha value is -2.66. The first-order valence-corrected chi connectivity index (χ1v) is 13.6. The molecule has 2 fully saturated rings. The molecule has 35 heavy (non-hydrogen) atoms. The third-order valence-electron chi connectivity index (χ3n) is 8.42. The monoisotopic (exact) mass is 473 g/mol. The second-order valence-corrected chi connectivity index (χ2v) is 11.0. The predicted molar refractivity (Wildman–Crippen MR) is 142 cm³/mol. The molecule has 5 heteroatoms. The summed E-state index contributed by atoms with van der Waals surface area (Å²) in [6.07, 6.45) is 15.8. The second-order valence-electron chi connectivity index (χ2n) is 11.0. The van der Waals surface area contributed by atoms with E-state index in [0.29, 0.717) is 36.5 Å². The van der Waals surface area contributed by atoms with Crippen LogP contribution < -0.4 is 11.3 Å². The molecular formula is C30H39N3O2. The molecule has 1 unspecified atom stereocenters. The SMILES string of the molecule is NC1CCC(CC(=O)CC(c2cc[nH]c(=O)c2)c2cn(CC3CCCCC3)c3ccccc23)CC1. The van der Waals surface area contributed by atoms with Crippen LogP contribution in [0.2, 0.25) is 0 Å². The number of aromatic amines is 1. The number of nitrogens with two attached hydrogens (primary N) is 1. The molecule has 2 aromatic heterocycles. The fourth-order valence-corrected chi connectivity index (χ4v) is 6.46. The van der Waals surface area contributed by atoms with Gasteiger partial charge in [-0.05, 0) is 73.6 Å². The molecule has 186 valence electrons. The lowest BCUT2D eigenvalue weighted by atomic mass is 9.80. The largest absolute Gasteiger partial charge is 0.347 e. The van der Waals surface area contributed by atoms with E-state index in [-0.39, 0.29) is 11.5 Å². The normalized spacial score (nSPS) is 22.3. The summed E-state index contributed by atoms with van der Waals surface area (Å²) in [4.78, 5) is 28.3. The van der Waals surface area contributed by atoms with Crippen LogP contribution in [0.1, 0.15) is 87.7 Å². The van der Waals surface area contributed by atoms with Gasteiger partial charge in [0, 0.05) is 60.7 Å². The van der Waals surface area contributed by atoms with Gasteiger partial charge in [0.25, 0.3) is 0 Å². The summed E-state index contributed by atoms with van der Waals surface area (Å²) >= 11 is 0. The molecular weight excluding hydrogens is 434 g/mol. The van der Waals surface area contributed by atoms with Crippen LogP contribution in [0.15, 0.2) is 53.6 Å². The Morgan fingerprint density at radius 1 is 1.00 bits per heavy atom. The number of fused-ring (bicyclic) bond motifs is 1. The number of carbonyl (C=O) groups is 1. The average molecular weight is 474 g/mol. The maximum absolute atomic E-state index is 13.4. The van der Waals surface area contributed by atoms with Crippen molar-refractivity contribution in [2.24, 2.45) is 17.6 Å². The van der Waals surface area contributed by atoms with Crippen molar-refractivity contribution in [3.05, 3.63) is 70.3 Å². The Bertz CT molecular complexity index is 1200. The molecule has 2 aliphatic carbocycles. The molecule has 1 aromatic carbocycles. The smallest absolute Gasteiger partial charge is 0.248 e. The Balaban J connectivity index is 1.46. The Morgan fingerprint density at radius 2 is 1.77 bits per heavy atom. The number of carbonyl (C=O) groups excluding carboxylic acids is 1. The van der Waals surface area contributed by atoms with Gasteiger partial charge in [0.15, 0.2) is 0 Å². The van der Waals surface area contributed by atoms with Crippen LogP contribution in [-0.4, -0.2) is 21.4 Å². The van der Waals surface area contributed by atoms with Crippen LogP contribution in [0.4, 0.5) is 0 Å². The van der Waals surface area contributed by atoms with Gasteiger partial charge in [-0.15, -0.1) is 0 Å². The van der Waals surface area contributed by atoms with Gasteiger partial charge in [-0.3, -0.25) is 9.59 Å². The highest BCUT2D eigenvalue weighted by Crippen LogP contribution is 2.37. The average Bonchev–Trinajstić information content (AvgIpc) is 3.23. The van der Waals surface area contributed by atoms with Crippen LogP contribution in [0.5, 0.6) is 0 Å². The molecule has 1 atom stereocenters. The molecule has 2 saturated carbocycles. The van der Waals surface area contributed by atoms with E-state index < -0.39 is 0 Å². The number of rotatable bonds is 8. The number of Topliss-reactive ketones (excluding diaryl/α,β-unsaturated/α-hetero) is 1.